The van der Waals surface area contributed by atoms with Gasteiger partial charge in [-0.2, -0.15) is 0 Å². The fourth-order valence-electron chi connectivity index (χ4n) is 9.73. The summed E-state index contributed by atoms with van der Waals surface area (Å²) in [5.74, 6) is -0.856. The second kappa shape index (κ2) is 62.9. The summed E-state index contributed by atoms with van der Waals surface area (Å²) in [6.07, 6.45) is 78.7. The minimum absolute atomic E-state index is 0.0690. The van der Waals surface area contributed by atoms with Crippen LogP contribution < -0.4 is 0 Å². The van der Waals surface area contributed by atoms with Crippen LogP contribution in [0.3, 0.4) is 0 Å². The lowest BCUT2D eigenvalue weighted by atomic mass is 10.0. The summed E-state index contributed by atoms with van der Waals surface area (Å²) >= 11 is 0. The lowest BCUT2D eigenvalue weighted by Gasteiger charge is -2.18. The molecule has 0 aliphatic carbocycles. The molecule has 6 heteroatoms. The minimum Gasteiger partial charge on any atom is -0.462 e. The van der Waals surface area contributed by atoms with Gasteiger partial charge in [0.1, 0.15) is 13.2 Å². The zero-order valence-electron chi connectivity index (χ0n) is 49.6. The van der Waals surface area contributed by atoms with E-state index in [1.165, 1.54) is 225 Å². The monoisotopic (exact) mass is 1040 g/mol. The van der Waals surface area contributed by atoms with E-state index in [0.717, 1.165) is 83.5 Å². The number of allylic oxidation sites excluding steroid dienone is 8. The number of carbonyl (C=O) groups excluding carboxylic acids is 3. The molecule has 0 spiro atoms. The van der Waals surface area contributed by atoms with Crippen molar-refractivity contribution >= 4 is 17.9 Å². The molecular formula is C68H124O6. The third kappa shape index (κ3) is 60.2. The van der Waals surface area contributed by atoms with E-state index in [9.17, 15) is 14.4 Å². The van der Waals surface area contributed by atoms with Gasteiger partial charge in [-0.05, 0) is 57.8 Å². The lowest BCUT2D eigenvalue weighted by molar-refractivity contribution is -0.167. The third-order valence-corrected chi connectivity index (χ3v) is 14.6. The zero-order valence-corrected chi connectivity index (χ0v) is 49.6. The Morgan fingerprint density at radius 2 is 0.527 bits per heavy atom. The minimum atomic E-state index is -0.769. The molecule has 0 rings (SSSR count). The Hall–Kier alpha value is -2.63. The summed E-state index contributed by atoms with van der Waals surface area (Å²) in [5, 5.41) is 0. The molecular weight excluding hydrogens is 913 g/mol. The van der Waals surface area contributed by atoms with Crippen LogP contribution in [0.1, 0.15) is 348 Å². The van der Waals surface area contributed by atoms with E-state index < -0.39 is 6.10 Å². The largest absolute Gasteiger partial charge is 0.462 e. The van der Waals surface area contributed by atoms with Crippen molar-refractivity contribution in [3.05, 3.63) is 48.6 Å². The topological polar surface area (TPSA) is 78.9 Å². The molecule has 0 N–H and O–H groups in total. The maximum Gasteiger partial charge on any atom is 0.306 e. The SMILES string of the molecule is CC/C=C\C/C=C\C/C=C\C/C=C\CCCCCCCCCCCCCCC(=O)OCC(COC(=O)CCCCCCCCC)OC(=O)CCCCCCCCCCCCCCCCCCCCCCCCCC. The number of hydrogen-bond donors (Lipinski definition) is 0. The summed E-state index contributed by atoms with van der Waals surface area (Å²) in [6, 6.07) is 0. The smallest absolute Gasteiger partial charge is 0.306 e. The molecule has 74 heavy (non-hydrogen) atoms. The Labute approximate surface area is 460 Å². The molecule has 0 aromatic heterocycles. The molecule has 0 amide bonds. The van der Waals surface area contributed by atoms with Gasteiger partial charge >= 0.3 is 17.9 Å². The number of unbranched alkanes of at least 4 members (excludes halogenated alkanes) is 41. The van der Waals surface area contributed by atoms with Crippen LogP contribution in [0.2, 0.25) is 0 Å². The molecule has 0 fully saturated rings. The summed E-state index contributed by atoms with van der Waals surface area (Å²) in [4.78, 5) is 38.1. The number of rotatable bonds is 60. The van der Waals surface area contributed by atoms with E-state index in [4.69, 9.17) is 14.2 Å². The van der Waals surface area contributed by atoms with Crippen molar-refractivity contribution in [2.75, 3.05) is 13.2 Å². The quantitative estimate of drug-likeness (QED) is 0.0261. The summed E-state index contributed by atoms with van der Waals surface area (Å²) < 4.78 is 16.9. The summed E-state index contributed by atoms with van der Waals surface area (Å²) in [7, 11) is 0. The van der Waals surface area contributed by atoms with Gasteiger partial charge in [-0.15, -0.1) is 0 Å². The van der Waals surface area contributed by atoms with Crippen molar-refractivity contribution in [2.45, 2.75) is 354 Å². The molecule has 0 radical (unpaired) electrons. The van der Waals surface area contributed by atoms with Gasteiger partial charge in [0.25, 0.3) is 0 Å². The normalized spacial score (nSPS) is 12.3. The van der Waals surface area contributed by atoms with Gasteiger partial charge in [0.05, 0.1) is 0 Å². The first kappa shape index (κ1) is 71.4. The second-order valence-electron chi connectivity index (χ2n) is 22.0. The van der Waals surface area contributed by atoms with Crippen molar-refractivity contribution in [2.24, 2.45) is 0 Å². The Kier molecular flexibility index (Phi) is 60.7. The number of ether oxygens (including phenoxy) is 3. The Balaban J connectivity index is 4.08. The standard InChI is InChI=1S/C68H124O6/c1-4-7-10-13-16-18-20-22-24-26-28-30-32-34-36-37-39-41-43-45-47-49-52-55-58-61-67(70)73-64-65(63-72-66(69)60-57-54-51-15-12-9-6-3)74-68(71)62-59-56-53-50-48-46-44-42-40-38-35-33-31-29-27-25-23-21-19-17-14-11-8-5-2/h7,10,16,18,22,24,28,30,65H,4-6,8-9,11-15,17,19-21,23,25-27,29,31-64H2,1-3H3/b10-7-,18-16-,24-22-,30-28-. The first-order valence-corrected chi connectivity index (χ1v) is 32.6. The molecule has 0 heterocycles. The van der Waals surface area contributed by atoms with Gasteiger partial charge in [-0.3, -0.25) is 14.4 Å². The molecule has 6 nitrogen and oxygen atoms in total. The van der Waals surface area contributed by atoms with Gasteiger partial charge < -0.3 is 14.2 Å². The summed E-state index contributed by atoms with van der Waals surface area (Å²) in [5.41, 5.74) is 0. The molecule has 0 aliphatic heterocycles. The number of carbonyl (C=O) groups is 3. The number of hydrogen-bond acceptors (Lipinski definition) is 6. The van der Waals surface area contributed by atoms with Crippen LogP contribution in [-0.4, -0.2) is 37.2 Å². The van der Waals surface area contributed by atoms with Crippen LogP contribution in [0.25, 0.3) is 0 Å². The zero-order chi connectivity index (χ0) is 53.6. The van der Waals surface area contributed by atoms with E-state index >= 15 is 0 Å². The van der Waals surface area contributed by atoms with Crippen LogP contribution in [-0.2, 0) is 28.6 Å². The molecule has 0 bridgehead atoms. The first-order chi connectivity index (χ1) is 36.5. The van der Waals surface area contributed by atoms with Gasteiger partial charge in [-0.1, -0.05) is 320 Å². The first-order valence-electron chi connectivity index (χ1n) is 32.6. The van der Waals surface area contributed by atoms with Gasteiger partial charge in [0, 0.05) is 19.3 Å². The molecule has 0 saturated carbocycles. The van der Waals surface area contributed by atoms with Crippen molar-refractivity contribution in [1.29, 1.82) is 0 Å². The van der Waals surface area contributed by atoms with Gasteiger partial charge in [0.2, 0.25) is 0 Å². The number of esters is 3. The molecule has 1 unspecified atom stereocenters. The van der Waals surface area contributed by atoms with E-state index in [2.05, 4.69) is 69.4 Å². The molecule has 1 atom stereocenters. The molecule has 0 aromatic rings. The third-order valence-electron chi connectivity index (χ3n) is 14.6. The predicted octanol–water partition coefficient (Wildman–Crippen LogP) is 22.2. The van der Waals surface area contributed by atoms with Crippen LogP contribution >= 0.6 is 0 Å². The van der Waals surface area contributed by atoms with Crippen LogP contribution in [0, 0.1) is 0 Å². The fourth-order valence-corrected chi connectivity index (χ4v) is 9.73. The highest BCUT2D eigenvalue weighted by Crippen LogP contribution is 2.18. The Morgan fingerprint density at radius 1 is 0.284 bits per heavy atom. The van der Waals surface area contributed by atoms with Gasteiger partial charge in [-0.25, -0.2) is 0 Å². The van der Waals surface area contributed by atoms with Crippen LogP contribution in [0.15, 0.2) is 48.6 Å². The van der Waals surface area contributed by atoms with E-state index in [1.54, 1.807) is 0 Å². The summed E-state index contributed by atoms with van der Waals surface area (Å²) in [6.45, 7) is 6.54. The highest BCUT2D eigenvalue weighted by molar-refractivity contribution is 5.71. The fraction of sp³-hybridized carbons (Fsp3) is 0.838. The van der Waals surface area contributed by atoms with E-state index in [-0.39, 0.29) is 31.1 Å². The average molecular weight is 1040 g/mol. The second-order valence-corrected chi connectivity index (χ2v) is 22.0. The van der Waals surface area contributed by atoms with Crippen LogP contribution in [0.4, 0.5) is 0 Å². The maximum absolute atomic E-state index is 12.9. The Morgan fingerprint density at radius 3 is 0.824 bits per heavy atom. The molecule has 0 aromatic carbocycles. The predicted molar refractivity (Wildman–Crippen MR) is 321 cm³/mol. The molecule has 0 saturated heterocycles. The molecule has 0 aliphatic rings. The highest BCUT2D eigenvalue weighted by atomic mass is 16.6. The maximum atomic E-state index is 12.9. The van der Waals surface area contributed by atoms with Gasteiger partial charge in [0.15, 0.2) is 6.10 Å². The van der Waals surface area contributed by atoms with E-state index in [0.29, 0.717) is 19.3 Å². The molecule has 432 valence electrons. The average Bonchev–Trinajstić information content (AvgIpc) is 3.40. The van der Waals surface area contributed by atoms with E-state index in [1.807, 2.05) is 0 Å². The highest BCUT2D eigenvalue weighted by Gasteiger charge is 2.19. The Bertz CT molecular complexity index is 1280. The lowest BCUT2D eigenvalue weighted by Crippen LogP contribution is -2.30. The van der Waals surface area contributed by atoms with Crippen molar-refractivity contribution in [3.63, 3.8) is 0 Å². The van der Waals surface area contributed by atoms with Crippen molar-refractivity contribution in [3.8, 4) is 0 Å². The van der Waals surface area contributed by atoms with Crippen molar-refractivity contribution in [1.82, 2.24) is 0 Å². The van der Waals surface area contributed by atoms with Crippen molar-refractivity contribution < 1.29 is 28.6 Å². The van der Waals surface area contributed by atoms with Crippen LogP contribution in [0.5, 0.6) is 0 Å².